The molecule has 0 saturated carbocycles. The van der Waals surface area contributed by atoms with Gasteiger partial charge in [-0.05, 0) is 31.9 Å². The predicted octanol–water partition coefficient (Wildman–Crippen LogP) is 0.737. The summed E-state index contributed by atoms with van der Waals surface area (Å²) in [6.07, 6.45) is 0.397. The first-order valence-electron chi connectivity index (χ1n) is 9.95. The summed E-state index contributed by atoms with van der Waals surface area (Å²) in [6.45, 7) is 3.68. The molecule has 0 radical (unpaired) electrons. The van der Waals surface area contributed by atoms with Crippen LogP contribution in [0.2, 0.25) is 0 Å². The lowest BCUT2D eigenvalue weighted by Crippen LogP contribution is -2.52. The second-order valence-corrected chi connectivity index (χ2v) is 7.10. The van der Waals surface area contributed by atoms with E-state index in [0.717, 1.165) is 5.69 Å². The Balaban J connectivity index is 1.56. The summed E-state index contributed by atoms with van der Waals surface area (Å²) in [5.74, 6) is 0.242. The number of carbonyl (C=O) groups excluding carboxylic acids is 3. The summed E-state index contributed by atoms with van der Waals surface area (Å²) in [4.78, 5) is 40.0. The first-order chi connectivity index (χ1) is 14.0. The molecule has 2 aliphatic heterocycles. The number of fused-ring (bicyclic) bond motifs is 1. The number of piperidine rings is 1. The zero-order valence-electron chi connectivity index (χ0n) is 16.8. The molecule has 2 aliphatic rings. The fourth-order valence-corrected chi connectivity index (χ4v) is 3.62. The second kappa shape index (κ2) is 9.49. The molecule has 2 N–H and O–H groups in total. The Kier molecular flexibility index (Phi) is 6.79. The molecule has 0 aromatic heterocycles. The van der Waals surface area contributed by atoms with Crippen molar-refractivity contribution in [1.29, 1.82) is 0 Å². The van der Waals surface area contributed by atoms with Gasteiger partial charge < -0.3 is 29.9 Å². The Bertz CT molecular complexity index is 748. The smallest absolute Gasteiger partial charge is 0.409 e. The molecule has 9 heteroatoms. The van der Waals surface area contributed by atoms with Crippen molar-refractivity contribution in [3.8, 4) is 5.75 Å². The third-order valence-electron chi connectivity index (χ3n) is 5.12. The number of carbonyl (C=O) groups is 3. The molecule has 9 nitrogen and oxygen atoms in total. The summed E-state index contributed by atoms with van der Waals surface area (Å²) in [6, 6.07) is 7.39. The van der Waals surface area contributed by atoms with Crippen LogP contribution in [0, 0.1) is 0 Å². The second-order valence-electron chi connectivity index (χ2n) is 7.10. The molecule has 0 spiro atoms. The minimum atomic E-state index is -0.671. The summed E-state index contributed by atoms with van der Waals surface area (Å²) in [7, 11) is 1.56. The molecule has 2 heterocycles. The molecule has 0 aliphatic carbocycles. The Morgan fingerprint density at radius 1 is 1.21 bits per heavy atom. The molecule has 0 unspecified atom stereocenters. The van der Waals surface area contributed by atoms with Gasteiger partial charge in [0, 0.05) is 26.2 Å². The monoisotopic (exact) mass is 404 g/mol. The molecule has 158 valence electrons. The van der Waals surface area contributed by atoms with Crippen LogP contribution in [0.3, 0.4) is 0 Å². The average molecular weight is 404 g/mol. The average Bonchev–Trinajstić information content (AvgIpc) is 2.73. The van der Waals surface area contributed by atoms with Crippen LogP contribution in [0.5, 0.6) is 5.75 Å². The highest BCUT2D eigenvalue weighted by atomic mass is 16.6. The molecule has 29 heavy (non-hydrogen) atoms. The van der Waals surface area contributed by atoms with E-state index in [1.807, 2.05) is 23.1 Å². The zero-order chi connectivity index (χ0) is 20.8. The van der Waals surface area contributed by atoms with Gasteiger partial charge in [-0.3, -0.25) is 9.59 Å². The van der Waals surface area contributed by atoms with Crippen molar-refractivity contribution in [3.05, 3.63) is 24.3 Å². The topological polar surface area (TPSA) is 100 Å². The lowest BCUT2D eigenvalue weighted by Gasteiger charge is -2.36. The van der Waals surface area contributed by atoms with Crippen LogP contribution in [0.1, 0.15) is 19.8 Å². The quantitative estimate of drug-likeness (QED) is 0.751. The van der Waals surface area contributed by atoms with E-state index >= 15 is 0 Å². The molecule has 1 aromatic carbocycles. The standard InChI is InChI=1S/C20H28N4O5/c1-3-28-20(27)23-10-8-14(9-11-23)22-18(25)13-24-12-17(19(26)21-2)29-16-7-5-4-6-15(16)24/h4-7,14,17H,3,8-13H2,1-2H3,(H,21,26)(H,22,25)/t17-/m0/s1. The van der Waals surface area contributed by atoms with Crippen LogP contribution in [0.15, 0.2) is 24.3 Å². The Hall–Kier alpha value is -2.97. The number of likely N-dealkylation sites (N-methyl/N-ethyl adjacent to an activating group) is 1. The molecular formula is C20H28N4O5. The van der Waals surface area contributed by atoms with Crippen molar-refractivity contribution in [3.63, 3.8) is 0 Å². The molecule has 3 rings (SSSR count). The largest absolute Gasteiger partial charge is 0.477 e. The van der Waals surface area contributed by atoms with Gasteiger partial charge in [-0.2, -0.15) is 0 Å². The number of hydrogen-bond acceptors (Lipinski definition) is 6. The third-order valence-corrected chi connectivity index (χ3v) is 5.12. The summed E-state index contributed by atoms with van der Waals surface area (Å²) in [5.41, 5.74) is 0.792. The van der Waals surface area contributed by atoms with Gasteiger partial charge in [0.05, 0.1) is 25.4 Å². The number of likely N-dealkylation sites (tertiary alicyclic amines) is 1. The van der Waals surface area contributed by atoms with Gasteiger partial charge in [0.25, 0.3) is 5.91 Å². The van der Waals surface area contributed by atoms with Crippen LogP contribution in [0.25, 0.3) is 0 Å². The van der Waals surface area contributed by atoms with Gasteiger partial charge in [0.1, 0.15) is 5.75 Å². The van der Waals surface area contributed by atoms with Crippen LogP contribution < -0.4 is 20.3 Å². The number of rotatable bonds is 5. The Labute approximate surface area is 170 Å². The van der Waals surface area contributed by atoms with Crippen molar-refractivity contribution in [1.82, 2.24) is 15.5 Å². The number of benzene rings is 1. The summed E-state index contributed by atoms with van der Waals surface area (Å²) >= 11 is 0. The fraction of sp³-hybridized carbons (Fsp3) is 0.550. The van der Waals surface area contributed by atoms with Crippen molar-refractivity contribution in [2.45, 2.75) is 31.9 Å². The third kappa shape index (κ3) is 5.10. The molecule has 1 aromatic rings. The molecule has 1 fully saturated rings. The first kappa shape index (κ1) is 20.8. The SMILES string of the molecule is CCOC(=O)N1CCC(NC(=O)CN2C[C@@H](C(=O)NC)Oc3ccccc32)CC1. The van der Waals surface area contributed by atoms with Crippen molar-refractivity contribution in [2.75, 3.05) is 44.7 Å². The minimum Gasteiger partial charge on any atom is -0.477 e. The molecule has 1 saturated heterocycles. The van der Waals surface area contributed by atoms with E-state index in [0.29, 0.717) is 44.8 Å². The number of ether oxygens (including phenoxy) is 2. The number of nitrogens with one attached hydrogen (secondary N) is 2. The van der Waals surface area contributed by atoms with E-state index in [4.69, 9.17) is 9.47 Å². The van der Waals surface area contributed by atoms with E-state index in [-0.39, 0.29) is 30.5 Å². The van der Waals surface area contributed by atoms with Gasteiger partial charge in [-0.1, -0.05) is 12.1 Å². The van der Waals surface area contributed by atoms with Gasteiger partial charge in [-0.15, -0.1) is 0 Å². The van der Waals surface area contributed by atoms with E-state index < -0.39 is 6.10 Å². The van der Waals surface area contributed by atoms with Crippen molar-refractivity contribution >= 4 is 23.6 Å². The lowest BCUT2D eigenvalue weighted by molar-refractivity contribution is -0.128. The Morgan fingerprint density at radius 2 is 1.93 bits per heavy atom. The fourth-order valence-electron chi connectivity index (χ4n) is 3.62. The number of anilines is 1. The minimum absolute atomic E-state index is 0.0131. The molecule has 3 amide bonds. The molecular weight excluding hydrogens is 376 g/mol. The van der Waals surface area contributed by atoms with Crippen molar-refractivity contribution < 1.29 is 23.9 Å². The normalized spacial score (nSPS) is 19.0. The van der Waals surface area contributed by atoms with Gasteiger partial charge in [0.15, 0.2) is 6.10 Å². The number of hydrogen-bond donors (Lipinski definition) is 2. The van der Waals surface area contributed by atoms with Gasteiger partial charge >= 0.3 is 6.09 Å². The van der Waals surface area contributed by atoms with Gasteiger partial charge in [-0.25, -0.2) is 4.79 Å². The summed E-state index contributed by atoms with van der Waals surface area (Å²) in [5, 5.41) is 5.64. The van der Waals surface area contributed by atoms with Crippen LogP contribution >= 0.6 is 0 Å². The number of nitrogens with zero attached hydrogens (tertiary/aromatic N) is 2. The van der Waals surface area contributed by atoms with E-state index in [2.05, 4.69) is 10.6 Å². The van der Waals surface area contributed by atoms with E-state index in [9.17, 15) is 14.4 Å². The maximum Gasteiger partial charge on any atom is 0.409 e. The number of para-hydroxylation sites is 2. The molecule has 0 bridgehead atoms. The maximum absolute atomic E-state index is 12.7. The zero-order valence-corrected chi connectivity index (χ0v) is 16.8. The van der Waals surface area contributed by atoms with E-state index in [1.165, 1.54) is 0 Å². The lowest BCUT2D eigenvalue weighted by atomic mass is 10.1. The van der Waals surface area contributed by atoms with Gasteiger partial charge in [0.2, 0.25) is 5.91 Å². The highest BCUT2D eigenvalue weighted by Crippen LogP contribution is 2.32. The number of amides is 3. The summed E-state index contributed by atoms with van der Waals surface area (Å²) < 4.78 is 10.8. The van der Waals surface area contributed by atoms with E-state index in [1.54, 1.807) is 24.9 Å². The first-order valence-corrected chi connectivity index (χ1v) is 9.95. The highest BCUT2D eigenvalue weighted by molar-refractivity contribution is 5.86. The molecule has 1 atom stereocenters. The predicted molar refractivity (Wildman–Crippen MR) is 107 cm³/mol. The highest BCUT2D eigenvalue weighted by Gasteiger charge is 2.31. The van der Waals surface area contributed by atoms with Crippen LogP contribution in [-0.4, -0.2) is 74.8 Å². The Morgan fingerprint density at radius 3 is 2.62 bits per heavy atom. The maximum atomic E-state index is 12.7. The van der Waals surface area contributed by atoms with Crippen LogP contribution in [0.4, 0.5) is 10.5 Å². The van der Waals surface area contributed by atoms with Crippen molar-refractivity contribution in [2.24, 2.45) is 0 Å². The van der Waals surface area contributed by atoms with Crippen LogP contribution in [-0.2, 0) is 14.3 Å².